The van der Waals surface area contributed by atoms with Gasteiger partial charge in [0, 0.05) is 17.2 Å². The van der Waals surface area contributed by atoms with Crippen molar-refractivity contribution in [3.8, 4) is 11.5 Å². The quantitative estimate of drug-likeness (QED) is 0.523. The van der Waals surface area contributed by atoms with Gasteiger partial charge in [0.15, 0.2) is 0 Å². The Labute approximate surface area is 85.1 Å². The lowest BCUT2D eigenvalue weighted by Gasteiger charge is -2.06. The Kier molecular flexibility index (Phi) is 2.40. The van der Waals surface area contributed by atoms with E-state index in [1.807, 2.05) is 13.8 Å². The van der Waals surface area contributed by atoms with Gasteiger partial charge in [0.2, 0.25) is 0 Å². The van der Waals surface area contributed by atoms with Crippen LogP contribution in [-0.2, 0) is 0 Å². The van der Waals surface area contributed by atoms with Crippen LogP contribution in [0.2, 0.25) is 5.82 Å². The summed E-state index contributed by atoms with van der Waals surface area (Å²) >= 11 is 0. The van der Waals surface area contributed by atoms with Gasteiger partial charge in [-0.05, 0) is 6.07 Å². The SMILES string of the molecule is CC(C)B1Oc2cc(F)c(P)cc2O1. The first-order valence-corrected chi connectivity index (χ1v) is 5.08. The lowest BCUT2D eigenvalue weighted by Crippen LogP contribution is -2.27. The number of fused-ring (bicyclic) bond motifs is 1. The van der Waals surface area contributed by atoms with Crippen LogP contribution in [0.3, 0.4) is 0 Å². The molecule has 2 nitrogen and oxygen atoms in total. The van der Waals surface area contributed by atoms with Crippen LogP contribution < -0.4 is 14.6 Å². The van der Waals surface area contributed by atoms with Crippen molar-refractivity contribution < 1.29 is 13.7 Å². The van der Waals surface area contributed by atoms with Crippen LogP contribution in [0, 0.1) is 5.82 Å². The monoisotopic (exact) mass is 212 g/mol. The minimum atomic E-state index is -0.295. The highest BCUT2D eigenvalue weighted by Gasteiger charge is 2.35. The average Bonchev–Trinajstić information content (AvgIpc) is 2.48. The van der Waals surface area contributed by atoms with Crippen molar-refractivity contribution >= 4 is 21.7 Å². The van der Waals surface area contributed by atoms with Gasteiger partial charge in [0.25, 0.3) is 0 Å². The molecule has 0 fully saturated rings. The van der Waals surface area contributed by atoms with Gasteiger partial charge in [-0.1, -0.05) is 13.8 Å². The molecule has 1 heterocycles. The van der Waals surface area contributed by atoms with Crippen molar-refractivity contribution in [1.82, 2.24) is 0 Å². The third-order valence-electron chi connectivity index (χ3n) is 2.09. The second kappa shape index (κ2) is 3.43. The number of hydrogen-bond acceptors (Lipinski definition) is 2. The van der Waals surface area contributed by atoms with E-state index in [1.165, 1.54) is 6.07 Å². The first-order valence-electron chi connectivity index (χ1n) is 4.50. The molecule has 0 radical (unpaired) electrons. The minimum absolute atomic E-state index is 0.249. The molecule has 0 aromatic heterocycles. The highest BCUT2D eigenvalue weighted by Crippen LogP contribution is 2.36. The van der Waals surface area contributed by atoms with E-state index in [0.717, 1.165) is 0 Å². The van der Waals surface area contributed by atoms with E-state index in [4.69, 9.17) is 9.31 Å². The highest BCUT2D eigenvalue weighted by molar-refractivity contribution is 7.27. The Hall–Kier alpha value is -0.755. The minimum Gasteiger partial charge on any atom is -0.523 e. The Morgan fingerprint density at radius 1 is 1.29 bits per heavy atom. The van der Waals surface area contributed by atoms with Crippen molar-refractivity contribution in [1.29, 1.82) is 0 Å². The van der Waals surface area contributed by atoms with Gasteiger partial charge in [-0.2, -0.15) is 0 Å². The summed E-state index contributed by atoms with van der Waals surface area (Å²) < 4.78 is 24.1. The third kappa shape index (κ3) is 1.59. The zero-order valence-electron chi connectivity index (χ0n) is 8.08. The Morgan fingerprint density at radius 2 is 1.86 bits per heavy atom. The van der Waals surface area contributed by atoms with Gasteiger partial charge < -0.3 is 9.31 Å². The van der Waals surface area contributed by atoms with Gasteiger partial charge in [-0.15, -0.1) is 9.24 Å². The number of halogens is 1. The molecule has 1 aromatic rings. The Morgan fingerprint density at radius 3 is 2.43 bits per heavy atom. The predicted octanol–water partition coefficient (Wildman–Crippen LogP) is 2.00. The second-order valence-corrected chi connectivity index (χ2v) is 4.29. The largest absolute Gasteiger partial charge is 0.597 e. The van der Waals surface area contributed by atoms with Crippen LogP contribution >= 0.6 is 9.24 Å². The van der Waals surface area contributed by atoms with Gasteiger partial charge in [0.1, 0.15) is 17.3 Å². The first-order chi connectivity index (χ1) is 6.58. The molecule has 0 bridgehead atoms. The number of benzene rings is 1. The third-order valence-corrected chi connectivity index (χ3v) is 2.54. The molecule has 1 aromatic carbocycles. The molecule has 0 saturated heterocycles. The van der Waals surface area contributed by atoms with Crippen molar-refractivity contribution in [2.75, 3.05) is 0 Å². The zero-order chi connectivity index (χ0) is 10.3. The summed E-state index contributed by atoms with van der Waals surface area (Å²) in [4.78, 5) is 0. The summed E-state index contributed by atoms with van der Waals surface area (Å²) in [6, 6.07) is 3.00. The predicted molar refractivity (Wildman–Crippen MR) is 57.9 cm³/mol. The van der Waals surface area contributed by atoms with Crippen molar-refractivity contribution in [3.63, 3.8) is 0 Å². The molecule has 1 aliphatic rings. The van der Waals surface area contributed by atoms with Gasteiger partial charge in [-0.25, -0.2) is 4.39 Å². The molecule has 0 saturated carbocycles. The van der Waals surface area contributed by atoms with Crippen molar-refractivity contribution in [2.45, 2.75) is 19.7 Å². The van der Waals surface area contributed by atoms with Crippen LogP contribution in [0.15, 0.2) is 12.1 Å². The first kappa shape index (κ1) is 9.79. The summed E-state index contributed by atoms with van der Waals surface area (Å²) in [6.07, 6.45) is 0. The molecule has 2 rings (SSSR count). The van der Waals surface area contributed by atoms with Crippen LogP contribution in [0.5, 0.6) is 11.5 Å². The summed E-state index contributed by atoms with van der Waals surface area (Å²) in [5.41, 5.74) is 0. The molecule has 0 amide bonds. The fourth-order valence-electron chi connectivity index (χ4n) is 1.28. The molecule has 5 heteroatoms. The number of rotatable bonds is 1. The molecule has 1 unspecified atom stereocenters. The molecule has 0 spiro atoms. The van der Waals surface area contributed by atoms with E-state index in [1.54, 1.807) is 6.07 Å². The van der Waals surface area contributed by atoms with E-state index in [2.05, 4.69) is 9.24 Å². The summed E-state index contributed by atoms with van der Waals surface area (Å²) in [5, 5.41) is 0.497. The van der Waals surface area contributed by atoms with Gasteiger partial charge >= 0.3 is 7.12 Å². The molecule has 0 aliphatic carbocycles. The highest BCUT2D eigenvalue weighted by atomic mass is 31.0. The zero-order valence-corrected chi connectivity index (χ0v) is 9.24. The Bertz CT molecular complexity index is 339. The van der Waals surface area contributed by atoms with Crippen LogP contribution in [0.25, 0.3) is 0 Å². The summed E-state index contributed by atoms with van der Waals surface area (Å²) in [7, 11) is 2.03. The molecule has 74 valence electrons. The normalized spacial score (nSPS) is 13.9. The molecule has 1 aliphatic heterocycles. The summed E-state index contributed by atoms with van der Waals surface area (Å²) in [5.74, 6) is 1.07. The molecule has 1 atom stereocenters. The maximum absolute atomic E-state index is 13.1. The summed E-state index contributed by atoms with van der Waals surface area (Å²) in [6.45, 7) is 3.99. The van der Waals surface area contributed by atoms with Crippen LogP contribution in [0.4, 0.5) is 4.39 Å². The maximum Gasteiger partial charge on any atom is 0.597 e. The van der Waals surface area contributed by atoms with Gasteiger partial charge in [-0.3, -0.25) is 0 Å². The van der Waals surface area contributed by atoms with E-state index in [-0.39, 0.29) is 18.8 Å². The molecule has 14 heavy (non-hydrogen) atoms. The van der Waals surface area contributed by atoms with Crippen LogP contribution in [0.1, 0.15) is 13.8 Å². The maximum atomic E-state index is 13.1. The van der Waals surface area contributed by atoms with E-state index >= 15 is 0 Å². The fourth-order valence-corrected chi connectivity index (χ4v) is 1.52. The Balaban J connectivity index is 2.31. The lowest BCUT2D eigenvalue weighted by molar-refractivity contribution is 0.480. The van der Waals surface area contributed by atoms with E-state index < -0.39 is 0 Å². The van der Waals surface area contributed by atoms with E-state index in [0.29, 0.717) is 16.8 Å². The second-order valence-electron chi connectivity index (χ2n) is 3.67. The van der Waals surface area contributed by atoms with Gasteiger partial charge in [0.05, 0.1) is 0 Å². The smallest absolute Gasteiger partial charge is 0.523 e. The fraction of sp³-hybridized carbons (Fsp3) is 0.333. The van der Waals surface area contributed by atoms with Crippen molar-refractivity contribution in [2.24, 2.45) is 0 Å². The number of hydrogen-bond donors (Lipinski definition) is 0. The standard InChI is InChI=1S/C9H11BFO2P/c1-5(2)10-12-7-3-6(11)9(14)4-8(7)13-10/h3-5H,14H2,1-2H3. The molecular weight excluding hydrogens is 201 g/mol. The average molecular weight is 212 g/mol. The topological polar surface area (TPSA) is 18.5 Å². The molecular formula is C9H11BFO2P. The van der Waals surface area contributed by atoms with Crippen molar-refractivity contribution in [3.05, 3.63) is 17.9 Å². The van der Waals surface area contributed by atoms with E-state index in [9.17, 15) is 4.39 Å². The van der Waals surface area contributed by atoms with Crippen LogP contribution in [-0.4, -0.2) is 7.12 Å². The lowest BCUT2D eigenvalue weighted by atomic mass is 9.75. The molecule has 0 N–H and O–H groups in total.